The number of alkyl halides is 1. The van der Waals surface area contributed by atoms with Crippen molar-refractivity contribution in [1.29, 1.82) is 5.26 Å². The van der Waals surface area contributed by atoms with Crippen molar-refractivity contribution >= 4 is 11.6 Å². The highest BCUT2D eigenvalue weighted by Gasteiger charge is 2.02. The van der Waals surface area contributed by atoms with E-state index in [2.05, 4.69) is 11.8 Å². The van der Waals surface area contributed by atoms with Crippen LogP contribution in [0.25, 0.3) is 0 Å². The van der Waals surface area contributed by atoms with E-state index in [1.54, 1.807) is 18.2 Å². The maximum Gasteiger partial charge on any atom is 0.124 e. The Morgan fingerprint density at radius 1 is 1.14 bits per heavy atom. The molecule has 0 aliphatic heterocycles. The molecule has 2 aromatic rings. The maximum absolute atomic E-state index is 13.3. The molecule has 2 aromatic carbocycles. The van der Waals surface area contributed by atoms with E-state index in [4.69, 9.17) is 21.6 Å². The average molecular weight is 300 g/mol. The first-order chi connectivity index (χ1) is 10.2. The average Bonchev–Trinajstić information content (AvgIpc) is 2.51. The summed E-state index contributed by atoms with van der Waals surface area (Å²) < 4.78 is 18.9. The Balaban J connectivity index is 2.10. The Bertz CT molecular complexity index is 740. The number of ether oxygens (including phenoxy) is 1. The lowest BCUT2D eigenvalue weighted by Crippen LogP contribution is -1.97. The minimum absolute atomic E-state index is 0.179. The van der Waals surface area contributed by atoms with Gasteiger partial charge in [0.15, 0.2) is 0 Å². The molecule has 0 radical (unpaired) electrons. The monoisotopic (exact) mass is 299 g/mol. The predicted molar refractivity (Wildman–Crippen MR) is 79.5 cm³/mol. The van der Waals surface area contributed by atoms with Crippen LogP contribution in [-0.4, -0.2) is 5.88 Å². The van der Waals surface area contributed by atoms with E-state index in [9.17, 15) is 4.39 Å². The van der Waals surface area contributed by atoms with Crippen LogP contribution in [-0.2, 0) is 6.61 Å². The molecular formula is C17H11ClFNO. The molecule has 0 saturated heterocycles. The molecular weight excluding hydrogens is 289 g/mol. The number of hydrogen-bond acceptors (Lipinski definition) is 2. The van der Waals surface area contributed by atoms with Crippen molar-refractivity contribution in [2.45, 2.75) is 6.61 Å². The molecule has 0 heterocycles. The Morgan fingerprint density at radius 3 is 2.76 bits per heavy atom. The molecule has 0 unspecified atom stereocenters. The van der Waals surface area contributed by atoms with E-state index in [1.807, 2.05) is 18.2 Å². The second kappa shape index (κ2) is 7.33. The van der Waals surface area contributed by atoms with Crippen LogP contribution in [0, 0.1) is 29.0 Å². The standard InChI is InChI=1S/C17H11ClFNO/c18-6-2-4-13-3-1-5-17(10-13)21-12-15-7-14(11-20)8-16(19)9-15/h1,3,5,7-10H,6,12H2. The number of nitrogens with zero attached hydrogens (tertiary/aromatic N) is 1. The van der Waals surface area contributed by atoms with E-state index in [0.29, 0.717) is 11.3 Å². The van der Waals surface area contributed by atoms with Crippen molar-refractivity contribution < 1.29 is 9.13 Å². The molecule has 0 bridgehead atoms. The van der Waals surface area contributed by atoms with Gasteiger partial charge in [-0.1, -0.05) is 17.9 Å². The molecule has 0 atom stereocenters. The van der Waals surface area contributed by atoms with Crippen LogP contribution in [0.5, 0.6) is 5.75 Å². The summed E-state index contributed by atoms with van der Waals surface area (Å²) in [7, 11) is 0. The van der Waals surface area contributed by atoms with E-state index < -0.39 is 5.82 Å². The van der Waals surface area contributed by atoms with Gasteiger partial charge in [-0.05, 0) is 42.0 Å². The summed E-state index contributed by atoms with van der Waals surface area (Å²) in [6.07, 6.45) is 0. The first-order valence-electron chi connectivity index (χ1n) is 6.18. The Morgan fingerprint density at radius 2 is 2.00 bits per heavy atom. The van der Waals surface area contributed by atoms with Crippen molar-refractivity contribution in [1.82, 2.24) is 0 Å². The van der Waals surface area contributed by atoms with Crippen LogP contribution in [0.1, 0.15) is 16.7 Å². The van der Waals surface area contributed by atoms with Crippen LogP contribution in [0.3, 0.4) is 0 Å². The second-order valence-electron chi connectivity index (χ2n) is 4.21. The Kier molecular flexibility index (Phi) is 5.21. The number of hydrogen-bond donors (Lipinski definition) is 0. The molecule has 0 fully saturated rings. The van der Waals surface area contributed by atoms with Gasteiger partial charge in [-0.15, -0.1) is 11.6 Å². The van der Waals surface area contributed by atoms with Gasteiger partial charge in [0.2, 0.25) is 0 Å². The molecule has 104 valence electrons. The molecule has 2 rings (SSSR count). The van der Waals surface area contributed by atoms with Crippen LogP contribution in [0.15, 0.2) is 42.5 Å². The van der Waals surface area contributed by atoms with E-state index in [1.165, 1.54) is 12.1 Å². The van der Waals surface area contributed by atoms with Crippen molar-refractivity contribution in [3.8, 4) is 23.7 Å². The third-order valence-corrected chi connectivity index (χ3v) is 2.76. The quantitative estimate of drug-likeness (QED) is 0.637. The van der Waals surface area contributed by atoms with Crippen molar-refractivity contribution in [3.05, 3.63) is 65.0 Å². The highest BCUT2D eigenvalue weighted by molar-refractivity contribution is 6.19. The molecule has 0 saturated carbocycles. The number of halogens is 2. The summed E-state index contributed by atoms with van der Waals surface area (Å²) in [4.78, 5) is 0. The number of benzene rings is 2. The van der Waals surface area contributed by atoms with Crippen LogP contribution >= 0.6 is 11.6 Å². The van der Waals surface area contributed by atoms with Crippen LogP contribution < -0.4 is 4.74 Å². The van der Waals surface area contributed by atoms with Gasteiger partial charge < -0.3 is 4.74 Å². The van der Waals surface area contributed by atoms with E-state index >= 15 is 0 Å². The molecule has 0 aliphatic rings. The van der Waals surface area contributed by atoms with Crippen molar-refractivity contribution in [2.24, 2.45) is 0 Å². The van der Waals surface area contributed by atoms with Crippen molar-refractivity contribution in [2.75, 3.05) is 5.88 Å². The summed E-state index contributed by atoms with van der Waals surface area (Å²) in [6.45, 7) is 0.179. The first kappa shape index (κ1) is 14.9. The fraction of sp³-hybridized carbons (Fsp3) is 0.118. The highest BCUT2D eigenvalue weighted by Crippen LogP contribution is 2.16. The second-order valence-corrected chi connectivity index (χ2v) is 4.48. The van der Waals surface area contributed by atoms with Gasteiger partial charge >= 0.3 is 0 Å². The largest absolute Gasteiger partial charge is 0.489 e. The normalized spacial score (nSPS) is 9.38. The molecule has 0 amide bonds. The topological polar surface area (TPSA) is 33.0 Å². The molecule has 4 heteroatoms. The smallest absolute Gasteiger partial charge is 0.124 e. The minimum Gasteiger partial charge on any atom is -0.489 e. The van der Waals surface area contributed by atoms with Gasteiger partial charge in [0, 0.05) is 5.56 Å². The maximum atomic E-state index is 13.3. The summed E-state index contributed by atoms with van der Waals surface area (Å²) in [5.74, 6) is 6.10. The molecule has 21 heavy (non-hydrogen) atoms. The Labute approximate surface area is 127 Å². The fourth-order valence-corrected chi connectivity index (χ4v) is 1.83. The predicted octanol–water partition coefficient (Wildman–Crippen LogP) is 3.87. The van der Waals surface area contributed by atoms with Gasteiger partial charge in [-0.3, -0.25) is 0 Å². The summed E-state index contributed by atoms with van der Waals surface area (Å²) in [5.41, 5.74) is 1.67. The summed E-state index contributed by atoms with van der Waals surface area (Å²) in [6, 6.07) is 13.3. The lowest BCUT2D eigenvalue weighted by atomic mass is 10.1. The van der Waals surface area contributed by atoms with Gasteiger partial charge in [-0.2, -0.15) is 5.26 Å². The molecule has 0 spiro atoms. The third kappa shape index (κ3) is 4.53. The SMILES string of the molecule is N#Cc1cc(F)cc(COc2cccc(C#CCCl)c2)c1. The van der Waals surface area contributed by atoms with Gasteiger partial charge in [0.1, 0.15) is 18.2 Å². The zero-order valence-electron chi connectivity index (χ0n) is 11.1. The van der Waals surface area contributed by atoms with Crippen LogP contribution in [0.2, 0.25) is 0 Å². The molecule has 2 nitrogen and oxygen atoms in total. The first-order valence-corrected chi connectivity index (χ1v) is 6.72. The van der Waals surface area contributed by atoms with Crippen LogP contribution in [0.4, 0.5) is 4.39 Å². The lowest BCUT2D eigenvalue weighted by Gasteiger charge is -2.07. The molecule has 0 aliphatic carbocycles. The highest BCUT2D eigenvalue weighted by atomic mass is 35.5. The van der Waals surface area contributed by atoms with Crippen molar-refractivity contribution in [3.63, 3.8) is 0 Å². The third-order valence-electron chi connectivity index (χ3n) is 2.63. The molecule has 0 N–H and O–H groups in total. The minimum atomic E-state index is -0.450. The Hall–Kier alpha value is -2.49. The zero-order chi connectivity index (χ0) is 15.1. The number of rotatable bonds is 3. The summed E-state index contributed by atoms with van der Waals surface area (Å²) >= 11 is 5.51. The fourth-order valence-electron chi connectivity index (χ4n) is 1.76. The van der Waals surface area contributed by atoms with Gasteiger partial charge in [0.05, 0.1) is 17.5 Å². The lowest BCUT2D eigenvalue weighted by molar-refractivity contribution is 0.305. The number of nitriles is 1. The summed E-state index contributed by atoms with van der Waals surface area (Å²) in [5, 5.41) is 8.81. The van der Waals surface area contributed by atoms with E-state index in [-0.39, 0.29) is 18.1 Å². The van der Waals surface area contributed by atoms with Gasteiger partial charge in [-0.25, -0.2) is 4.39 Å². The van der Waals surface area contributed by atoms with E-state index in [0.717, 1.165) is 5.56 Å². The zero-order valence-corrected chi connectivity index (χ0v) is 11.8. The molecule has 0 aromatic heterocycles. The van der Waals surface area contributed by atoms with Gasteiger partial charge in [0.25, 0.3) is 0 Å².